The summed E-state index contributed by atoms with van der Waals surface area (Å²) in [6.45, 7) is 3.25. The number of hydrogen-bond acceptors (Lipinski definition) is 4. The molecule has 2 fully saturated rings. The largest absolute Gasteiger partial charge is 0.393 e. The van der Waals surface area contributed by atoms with Crippen LogP contribution < -0.4 is 10.2 Å². The van der Waals surface area contributed by atoms with Crippen LogP contribution in [0.15, 0.2) is 48.5 Å². The van der Waals surface area contributed by atoms with Crippen molar-refractivity contribution in [2.45, 2.75) is 38.2 Å². The predicted molar refractivity (Wildman–Crippen MR) is 118 cm³/mol. The number of likely N-dealkylation sites (tertiary alicyclic amines) is 1. The molecule has 0 radical (unpaired) electrons. The number of benzene rings is 2. The number of rotatable bonds is 4. The summed E-state index contributed by atoms with van der Waals surface area (Å²) in [5, 5.41) is 12.6. The Labute approximate surface area is 177 Å². The number of anilines is 2. The van der Waals surface area contributed by atoms with Crippen molar-refractivity contribution in [3.63, 3.8) is 0 Å². The zero-order valence-corrected chi connectivity index (χ0v) is 17.2. The molecule has 0 atom stereocenters. The summed E-state index contributed by atoms with van der Waals surface area (Å²) >= 11 is 0. The van der Waals surface area contributed by atoms with Crippen molar-refractivity contribution in [1.82, 2.24) is 4.90 Å². The van der Waals surface area contributed by atoms with Crippen molar-refractivity contribution < 1.29 is 14.7 Å². The van der Waals surface area contributed by atoms with Gasteiger partial charge in [-0.1, -0.05) is 6.07 Å². The van der Waals surface area contributed by atoms with E-state index in [9.17, 15) is 14.7 Å². The van der Waals surface area contributed by atoms with Gasteiger partial charge in [-0.15, -0.1) is 0 Å². The van der Waals surface area contributed by atoms with Gasteiger partial charge in [-0.25, -0.2) is 0 Å². The van der Waals surface area contributed by atoms with Crippen LogP contribution >= 0.6 is 0 Å². The molecule has 30 heavy (non-hydrogen) atoms. The molecule has 6 nitrogen and oxygen atoms in total. The first-order valence-corrected chi connectivity index (χ1v) is 10.8. The zero-order chi connectivity index (χ0) is 20.9. The number of nitrogens with zero attached hydrogens (tertiary/aromatic N) is 2. The lowest BCUT2D eigenvalue weighted by atomic mass is 10.1. The maximum absolute atomic E-state index is 12.7. The minimum atomic E-state index is -0.205. The fraction of sp³-hybridized carbons (Fsp3) is 0.417. The molecule has 2 aromatic rings. The van der Waals surface area contributed by atoms with Gasteiger partial charge in [-0.3, -0.25) is 9.59 Å². The zero-order valence-electron chi connectivity index (χ0n) is 17.2. The number of aliphatic hydroxyl groups excluding tert-OH is 1. The monoisotopic (exact) mass is 407 g/mol. The average molecular weight is 408 g/mol. The van der Waals surface area contributed by atoms with Crippen molar-refractivity contribution in [1.29, 1.82) is 0 Å². The highest BCUT2D eigenvalue weighted by molar-refractivity contribution is 6.05. The van der Waals surface area contributed by atoms with E-state index in [0.29, 0.717) is 16.8 Å². The Balaban J connectivity index is 1.39. The summed E-state index contributed by atoms with van der Waals surface area (Å²) in [6, 6.07) is 14.7. The first kappa shape index (κ1) is 20.4. The molecule has 2 N–H and O–H groups in total. The molecule has 4 rings (SSSR count). The van der Waals surface area contributed by atoms with Gasteiger partial charge in [0.25, 0.3) is 11.8 Å². The fourth-order valence-electron chi connectivity index (χ4n) is 4.16. The van der Waals surface area contributed by atoms with Crippen LogP contribution in [0.1, 0.15) is 52.8 Å². The Kier molecular flexibility index (Phi) is 6.33. The van der Waals surface area contributed by atoms with Crippen LogP contribution in [-0.2, 0) is 0 Å². The molecule has 158 valence electrons. The summed E-state index contributed by atoms with van der Waals surface area (Å²) in [7, 11) is 0. The predicted octanol–water partition coefficient (Wildman–Crippen LogP) is 3.53. The fourth-order valence-corrected chi connectivity index (χ4v) is 4.16. The van der Waals surface area contributed by atoms with E-state index in [2.05, 4.69) is 10.2 Å². The summed E-state index contributed by atoms with van der Waals surface area (Å²) in [6.07, 6.45) is 4.62. The van der Waals surface area contributed by atoms with E-state index >= 15 is 0 Å². The van der Waals surface area contributed by atoms with E-state index in [1.165, 1.54) is 6.42 Å². The molecule has 0 unspecified atom stereocenters. The molecule has 2 aromatic carbocycles. The minimum Gasteiger partial charge on any atom is -0.393 e. The summed E-state index contributed by atoms with van der Waals surface area (Å²) < 4.78 is 0. The van der Waals surface area contributed by atoms with Crippen LogP contribution in [0.3, 0.4) is 0 Å². The quantitative estimate of drug-likeness (QED) is 0.813. The van der Waals surface area contributed by atoms with Gasteiger partial charge in [0.1, 0.15) is 0 Å². The van der Waals surface area contributed by atoms with Crippen LogP contribution in [0, 0.1) is 0 Å². The Morgan fingerprint density at radius 2 is 1.57 bits per heavy atom. The number of carbonyl (C=O) groups is 2. The van der Waals surface area contributed by atoms with E-state index in [-0.39, 0.29) is 17.9 Å². The third kappa shape index (κ3) is 4.82. The maximum Gasteiger partial charge on any atom is 0.255 e. The van der Waals surface area contributed by atoms with E-state index in [0.717, 1.165) is 57.5 Å². The van der Waals surface area contributed by atoms with Gasteiger partial charge in [0.05, 0.1) is 6.10 Å². The molecule has 2 amide bonds. The molecule has 0 spiro atoms. The molecule has 2 heterocycles. The number of aliphatic hydroxyl groups is 1. The van der Waals surface area contributed by atoms with Crippen LogP contribution in [0.25, 0.3) is 0 Å². The lowest BCUT2D eigenvalue weighted by molar-refractivity contribution is 0.0724. The molecular formula is C24H29N3O3. The normalized spacial score (nSPS) is 17.6. The second kappa shape index (κ2) is 9.30. The molecule has 0 bridgehead atoms. The van der Waals surface area contributed by atoms with E-state index in [4.69, 9.17) is 0 Å². The van der Waals surface area contributed by atoms with Gasteiger partial charge in [0, 0.05) is 48.7 Å². The van der Waals surface area contributed by atoms with Crippen molar-refractivity contribution in [3.05, 3.63) is 59.7 Å². The maximum atomic E-state index is 12.7. The standard InChI is InChI=1S/C24H29N3O3/c28-22-11-15-26(16-12-22)21-9-7-18(8-10-21)23(29)25-20-6-4-5-19(17-20)24(30)27-13-2-1-3-14-27/h4-10,17,22,28H,1-3,11-16H2,(H,25,29). The van der Waals surface area contributed by atoms with Gasteiger partial charge in [-0.05, 0) is 74.6 Å². The highest BCUT2D eigenvalue weighted by Crippen LogP contribution is 2.21. The van der Waals surface area contributed by atoms with Crippen LogP contribution in [-0.4, -0.2) is 54.1 Å². The minimum absolute atomic E-state index is 0.0294. The lowest BCUT2D eigenvalue weighted by Gasteiger charge is -2.31. The Bertz CT molecular complexity index is 883. The van der Waals surface area contributed by atoms with Crippen molar-refractivity contribution in [3.8, 4) is 0 Å². The van der Waals surface area contributed by atoms with Gasteiger partial charge in [0.2, 0.25) is 0 Å². The third-order valence-electron chi connectivity index (χ3n) is 5.97. The number of nitrogens with one attached hydrogen (secondary N) is 1. The Hall–Kier alpha value is -2.86. The van der Waals surface area contributed by atoms with Gasteiger partial charge in [-0.2, -0.15) is 0 Å². The van der Waals surface area contributed by atoms with Gasteiger partial charge in [0.15, 0.2) is 0 Å². The highest BCUT2D eigenvalue weighted by atomic mass is 16.3. The highest BCUT2D eigenvalue weighted by Gasteiger charge is 2.19. The van der Waals surface area contributed by atoms with Crippen LogP contribution in [0.2, 0.25) is 0 Å². The number of amides is 2. The SMILES string of the molecule is O=C(Nc1cccc(C(=O)N2CCCCC2)c1)c1ccc(N2CCC(O)CC2)cc1. The lowest BCUT2D eigenvalue weighted by Crippen LogP contribution is -2.35. The van der Waals surface area contributed by atoms with Crippen LogP contribution in [0.5, 0.6) is 0 Å². The third-order valence-corrected chi connectivity index (χ3v) is 5.97. The Morgan fingerprint density at radius 3 is 2.27 bits per heavy atom. The second-order valence-electron chi connectivity index (χ2n) is 8.15. The molecule has 0 aromatic heterocycles. The van der Waals surface area contributed by atoms with Gasteiger partial charge < -0.3 is 20.2 Å². The molecule has 2 aliphatic rings. The summed E-state index contributed by atoms with van der Waals surface area (Å²) in [5.74, 6) is -0.167. The number of piperidine rings is 2. The van der Waals surface area contributed by atoms with Crippen molar-refractivity contribution in [2.75, 3.05) is 36.4 Å². The van der Waals surface area contributed by atoms with E-state index in [1.807, 2.05) is 29.2 Å². The van der Waals surface area contributed by atoms with Crippen molar-refractivity contribution in [2.24, 2.45) is 0 Å². The summed E-state index contributed by atoms with van der Waals surface area (Å²) in [4.78, 5) is 29.5. The topological polar surface area (TPSA) is 72.9 Å². The first-order chi connectivity index (χ1) is 14.6. The molecule has 0 aliphatic carbocycles. The summed E-state index contributed by atoms with van der Waals surface area (Å²) in [5.41, 5.74) is 2.87. The van der Waals surface area contributed by atoms with Crippen molar-refractivity contribution >= 4 is 23.2 Å². The second-order valence-corrected chi connectivity index (χ2v) is 8.15. The molecule has 2 saturated heterocycles. The van der Waals surface area contributed by atoms with Gasteiger partial charge >= 0.3 is 0 Å². The average Bonchev–Trinajstić information content (AvgIpc) is 2.80. The van der Waals surface area contributed by atoms with E-state index < -0.39 is 0 Å². The Morgan fingerprint density at radius 1 is 0.867 bits per heavy atom. The smallest absolute Gasteiger partial charge is 0.255 e. The van der Waals surface area contributed by atoms with E-state index in [1.54, 1.807) is 24.3 Å². The number of carbonyl (C=O) groups excluding carboxylic acids is 2. The molecule has 0 saturated carbocycles. The number of hydrogen-bond donors (Lipinski definition) is 2. The van der Waals surface area contributed by atoms with Crippen LogP contribution in [0.4, 0.5) is 11.4 Å². The molecule has 2 aliphatic heterocycles. The molecular weight excluding hydrogens is 378 g/mol. The first-order valence-electron chi connectivity index (χ1n) is 10.8. The molecule has 6 heteroatoms.